The minimum absolute atomic E-state index is 0. The van der Waals surface area contributed by atoms with Gasteiger partial charge in [0.15, 0.2) is 5.96 Å². The number of nitrogens with zero attached hydrogens (tertiary/aromatic N) is 1. The molecule has 0 saturated heterocycles. The van der Waals surface area contributed by atoms with Crippen LogP contribution in [0.1, 0.15) is 16.7 Å². The Morgan fingerprint density at radius 3 is 2.36 bits per heavy atom. The summed E-state index contributed by atoms with van der Waals surface area (Å²) in [5.74, 6) is 0.759. The third-order valence-corrected chi connectivity index (χ3v) is 3.57. The molecule has 4 nitrogen and oxygen atoms in total. The average molecular weight is 451 g/mol. The molecular weight excluding hydrogens is 425 g/mol. The molecule has 0 bridgehead atoms. The van der Waals surface area contributed by atoms with Crippen molar-refractivity contribution in [1.29, 1.82) is 0 Å². The van der Waals surface area contributed by atoms with Crippen LogP contribution in [0.25, 0.3) is 0 Å². The van der Waals surface area contributed by atoms with Crippen LogP contribution < -0.4 is 10.6 Å². The minimum atomic E-state index is 0. The fourth-order valence-corrected chi connectivity index (χ4v) is 2.29. The maximum atomic E-state index is 5.86. The highest BCUT2D eigenvalue weighted by atomic mass is 127. The molecule has 2 N–H and O–H groups in total. The second kappa shape index (κ2) is 12.5. The van der Waals surface area contributed by atoms with E-state index in [-0.39, 0.29) is 24.0 Å². The van der Waals surface area contributed by atoms with E-state index in [1.165, 1.54) is 16.7 Å². The van der Waals surface area contributed by atoms with E-state index in [1.807, 2.05) is 30.3 Å². The Balaban J connectivity index is 0.00000312. The molecule has 2 aromatic rings. The molecule has 0 aliphatic heterocycles. The van der Waals surface area contributed by atoms with E-state index < -0.39 is 0 Å². The zero-order chi connectivity index (χ0) is 17.0. The minimum Gasteiger partial charge on any atom is -0.372 e. The fraction of sp³-hybridized carbons (Fsp3) is 0.250. The van der Waals surface area contributed by atoms with Crippen LogP contribution >= 0.6 is 24.0 Å². The highest BCUT2D eigenvalue weighted by Gasteiger charge is 2.04. The first kappa shape index (κ1) is 21.2. The summed E-state index contributed by atoms with van der Waals surface area (Å²) in [6.07, 6.45) is 1.80. The van der Waals surface area contributed by atoms with Crippen LogP contribution in [-0.4, -0.2) is 19.6 Å². The van der Waals surface area contributed by atoms with Gasteiger partial charge in [0, 0.05) is 20.1 Å². The second-order valence-corrected chi connectivity index (χ2v) is 5.34. The molecule has 2 aromatic carbocycles. The average Bonchev–Trinajstić information content (AvgIpc) is 2.64. The summed E-state index contributed by atoms with van der Waals surface area (Å²) in [6, 6.07) is 18.5. The Kier molecular flexibility index (Phi) is 10.6. The van der Waals surface area contributed by atoms with Crippen molar-refractivity contribution < 1.29 is 4.74 Å². The molecular formula is C20H26IN3O. The number of nitrogens with one attached hydrogen (secondary N) is 2. The van der Waals surface area contributed by atoms with Crippen molar-refractivity contribution in [3.63, 3.8) is 0 Å². The number of hydrogen-bond donors (Lipinski definition) is 2. The van der Waals surface area contributed by atoms with Gasteiger partial charge in [0.25, 0.3) is 0 Å². The molecule has 0 aliphatic carbocycles. The van der Waals surface area contributed by atoms with Crippen LogP contribution in [0.15, 0.2) is 72.2 Å². The van der Waals surface area contributed by atoms with Gasteiger partial charge in [-0.25, -0.2) is 0 Å². The lowest BCUT2D eigenvalue weighted by Crippen LogP contribution is -2.36. The van der Waals surface area contributed by atoms with E-state index in [0.29, 0.717) is 26.3 Å². The number of ether oxygens (including phenoxy) is 1. The molecule has 25 heavy (non-hydrogen) atoms. The smallest absolute Gasteiger partial charge is 0.191 e. The molecule has 0 fully saturated rings. The van der Waals surface area contributed by atoms with Gasteiger partial charge in [0.05, 0.1) is 13.2 Å². The fourth-order valence-electron chi connectivity index (χ4n) is 2.29. The van der Waals surface area contributed by atoms with Gasteiger partial charge in [-0.15, -0.1) is 30.6 Å². The molecule has 0 heterocycles. The van der Waals surface area contributed by atoms with Crippen molar-refractivity contribution >= 4 is 29.9 Å². The van der Waals surface area contributed by atoms with E-state index in [9.17, 15) is 0 Å². The molecule has 2 rings (SSSR count). The first-order valence-corrected chi connectivity index (χ1v) is 8.07. The topological polar surface area (TPSA) is 45.7 Å². The lowest BCUT2D eigenvalue weighted by atomic mass is 10.1. The van der Waals surface area contributed by atoms with Gasteiger partial charge in [-0.05, 0) is 16.7 Å². The molecule has 0 aromatic heterocycles. The number of hydrogen-bond acceptors (Lipinski definition) is 2. The van der Waals surface area contributed by atoms with Crippen molar-refractivity contribution in [3.8, 4) is 0 Å². The van der Waals surface area contributed by atoms with Gasteiger partial charge in [-0.2, -0.15) is 0 Å². The van der Waals surface area contributed by atoms with Crippen LogP contribution in [0, 0.1) is 0 Å². The summed E-state index contributed by atoms with van der Waals surface area (Å²) in [5, 5.41) is 6.47. The predicted octanol–water partition coefficient (Wildman–Crippen LogP) is 3.87. The number of guanidine groups is 1. The lowest BCUT2D eigenvalue weighted by Gasteiger charge is -2.14. The van der Waals surface area contributed by atoms with E-state index in [4.69, 9.17) is 4.74 Å². The zero-order valence-corrected chi connectivity index (χ0v) is 16.9. The van der Waals surface area contributed by atoms with Crippen LogP contribution in [0.2, 0.25) is 0 Å². The van der Waals surface area contributed by atoms with Crippen molar-refractivity contribution in [3.05, 3.63) is 83.9 Å². The Morgan fingerprint density at radius 2 is 1.68 bits per heavy atom. The Bertz CT molecular complexity index is 659. The van der Waals surface area contributed by atoms with Crippen molar-refractivity contribution in [1.82, 2.24) is 10.6 Å². The highest BCUT2D eigenvalue weighted by molar-refractivity contribution is 14.0. The predicted molar refractivity (Wildman–Crippen MR) is 115 cm³/mol. The second-order valence-electron chi connectivity index (χ2n) is 5.34. The monoisotopic (exact) mass is 451 g/mol. The van der Waals surface area contributed by atoms with Gasteiger partial charge in [-0.1, -0.05) is 60.7 Å². The van der Waals surface area contributed by atoms with Gasteiger partial charge < -0.3 is 15.4 Å². The zero-order valence-electron chi connectivity index (χ0n) is 14.6. The summed E-state index contributed by atoms with van der Waals surface area (Å²) in [4.78, 5) is 4.19. The SMILES string of the molecule is C=CCNC(=NC)NCc1ccccc1COCc1ccccc1.I. The molecule has 0 radical (unpaired) electrons. The summed E-state index contributed by atoms with van der Waals surface area (Å²) in [7, 11) is 1.76. The highest BCUT2D eigenvalue weighted by Crippen LogP contribution is 2.11. The Hall–Kier alpha value is -1.86. The number of aliphatic imine (C=N–C) groups is 1. The maximum Gasteiger partial charge on any atom is 0.191 e. The summed E-state index contributed by atoms with van der Waals surface area (Å²) in [5.41, 5.74) is 3.56. The quantitative estimate of drug-likeness (QED) is 0.277. The van der Waals surface area contributed by atoms with Crippen molar-refractivity contribution in [2.45, 2.75) is 19.8 Å². The Labute approximate surface area is 167 Å². The van der Waals surface area contributed by atoms with Crippen LogP contribution in [-0.2, 0) is 24.5 Å². The standard InChI is InChI=1S/C20H25N3O.HI/c1-3-13-22-20(21-2)23-14-18-11-7-8-12-19(18)16-24-15-17-9-5-4-6-10-17;/h3-12H,1,13-16H2,2H3,(H2,21,22,23);1H. The molecule has 0 amide bonds. The summed E-state index contributed by atoms with van der Waals surface area (Å²) >= 11 is 0. The molecule has 0 spiro atoms. The van der Waals surface area contributed by atoms with Gasteiger partial charge in [0.2, 0.25) is 0 Å². The molecule has 134 valence electrons. The maximum absolute atomic E-state index is 5.86. The van der Waals surface area contributed by atoms with E-state index in [1.54, 1.807) is 13.1 Å². The van der Waals surface area contributed by atoms with Crippen LogP contribution in [0.3, 0.4) is 0 Å². The molecule has 5 heteroatoms. The van der Waals surface area contributed by atoms with E-state index in [0.717, 1.165) is 5.96 Å². The third kappa shape index (κ3) is 7.70. The number of halogens is 1. The summed E-state index contributed by atoms with van der Waals surface area (Å²) in [6.45, 7) is 6.28. The van der Waals surface area contributed by atoms with Gasteiger partial charge >= 0.3 is 0 Å². The molecule has 0 saturated carbocycles. The van der Waals surface area contributed by atoms with Gasteiger partial charge in [-0.3, -0.25) is 4.99 Å². The van der Waals surface area contributed by atoms with Crippen molar-refractivity contribution in [2.75, 3.05) is 13.6 Å². The number of benzene rings is 2. The Morgan fingerprint density at radius 1 is 1.00 bits per heavy atom. The lowest BCUT2D eigenvalue weighted by molar-refractivity contribution is 0.106. The molecule has 0 aliphatic rings. The van der Waals surface area contributed by atoms with E-state index >= 15 is 0 Å². The van der Waals surface area contributed by atoms with Crippen LogP contribution in [0.5, 0.6) is 0 Å². The van der Waals surface area contributed by atoms with Crippen molar-refractivity contribution in [2.24, 2.45) is 4.99 Å². The molecule has 0 atom stereocenters. The van der Waals surface area contributed by atoms with E-state index in [2.05, 4.69) is 46.5 Å². The first-order valence-electron chi connectivity index (χ1n) is 8.07. The normalized spacial score (nSPS) is 10.7. The first-order chi connectivity index (χ1) is 11.8. The van der Waals surface area contributed by atoms with Crippen LogP contribution in [0.4, 0.5) is 0 Å². The largest absolute Gasteiger partial charge is 0.372 e. The third-order valence-electron chi connectivity index (χ3n) is 3.57. The van der Waals surface area contributed by atoms with Gasteiger partial charge in [0.1, 0.15) is 0 Å². The number of rotatable bonds is 8. The summed E-state index contributed by atoms with van der Waals surface area (Å²) < 4.78 is 5.86. The molecule has 0 unspecified atom stereocenters.